The molecule has 1 amide bonds. The fourth-order valence-electron chi connectivity index (χ4n) is 4.69. The summed E-state index contributed by atoms with van der Waals surface area (Å²) >= 11 is 0.831. The average Bonchev–Trinajstić information content (AvgIpc) is 3.51. The third-order valence-corrected chi connectivity index (χ3v) is 8.07. The van der Waals surface area contributed by atoms with E-state index >= 15 is 4.39 Å². The largest absolute Gasteiger partial charge is 0.507 e. The van der Waals surface area contributed by atoms with E-state index in [-0.39, 0.29) is 39.0 Å². The molecule has 0 spiro atoms. The molecule has 1 N–H and O–H groups in total. The highest BCUT2D eigenvalue weighted by molar-refractivity contribution is 7.17. The first-order valence-corrected chi connectivity index (χ1v) is 14.1. The normalized spacial score (nSPS) is 15.9. The van der Waals surface area contributed by atoms with Gasteiger partial charge in [0, 0.05) is 11.1 Å². The lowest BCUT2D eigenvalue weighted by molar-refractivity contribution is -0.132. The summed E-state index contributed by atoms with van der Waals surface area (Å²) in [6.07, 6.45) is 1.41. The zero-order valence-electron chi connectivity index (χ0n) is 23.4. The van der Waals surface area contributed by atoms with Crippen molar-refractivity contribution in [3.8, 4) is 5.75 Å². The van der Waals surface area contributed by atoms with Crippen molar-refractivity contribution in [1.82, 2.24) is 4.98 Å². The molecule has 0 bridgehead atoms. The first-order chi connectivity index (χ1) is 20.7. The number of thiazole rings is 1. The van der Waals surface area contributed by atoms with Crippen LogP contribution in [-0.4, -0.2) is 34.4 Å². The fourth-order valence-corrected chi connectivity index (χ4v) is 5.68. The van der Waals surface area contributed by atoms with Gasteiger partial charge in [0.2, 0.25) is 0 Å². The Balaban J connectivity index is 1.53. The number of halogens is 1. The Morgan fingerprint density at radius 1 is 1.07 bits per heavy atom. The molecule has 3 aromatic carbocycles. The summed E-state index contributed by atoms with van der Waals surface area (Å²) in [5.74, 6) is -3.37. The molecule has 1 fully saturated rings. The molecule has 2 heterocycles. The second kappa shape index (κ2) is 12.4. The van der Waals surface area contributed by atoms with Gasteiger partial charge < -0.3 is 14.6 Å². The molecule has 1 aromatic heterocycles. The van der Waals surface area contributed by atoms with Gasteiger partial charge in [-0.2, -0.15) is 0 Å². The molecule has 8 nitrogen and oxygen atoms in total. The molecule has 0 aliphatic carbocycles. The van der Waals surface area contributed by atoms with Crippen molar-refractivity contribution in [1.29, 1.82) is 0 Å². The Hall–Kier alpha value is -5.09. The van der Waals surface area contributed by atoms with Crippen molar-refractivity contribution in [2.45, 2.75) is 26.5 Å². The number of esters is 1. The number of ketones is 1. The van der Waals surface area contributed by atoms with Crippen molar-refractivity contribution in [3.05, 3.63) is 130 Å². The highest BCUT2D eigenvalue weighted by atomic mass is 32.1. The predicted molar refractivity (Wildman–Crippen MR) is 160 cm³/mol. The van der Waals surface area contributed by atoms with Gasteiger partial charge in [-0.3, -0.25) is 14.5 Å². The van der Waals surface area contributed by atoms with Crippen LogP contribution in [0.3, 0.4) is 0 Å². The summed E-state index contributed by atoms with van der Waals surface area (Å²) in [5.41, 5.74) is 2.27. The zero-order valence-corrected chi connectivity index (χ0v) is 24.2. The first kappa shape index (κ1) is 29.4. The van der Waals surface area contributed by atoms with E-state index in [0.717, 1.165) is 27.4 Å². The number of carbonyl (C=O) groups excluding carboxylic acids is 3. The molecular formula is C33H27FN2O6S. The van der Waals surface area contributed by atoms with Gasteiger partial charge in [0.1, 0.15) is 41.5 Å². The number of nitrogens with zero attached hydrogens (tertiary/aromatic N) is 2. The molecule has 1 unspecified atom stereocenters. The predicted octanol–water partition coefficient (Wildman–Crippen LogP) is 6.45. The Bertz CT molecular complexity index is 1760. The van der Waals surface area contributed by atoms with Crippen molar-refractivity contribution < 1.29 is 33.4 Å². The lowest BCUT2D eigenvalue weighted by Crippen LogP contribution is -2.29. The molecule has 4 aromatic rings. The second-order valence-electron chi connectivity index (χ2n) is 9.73. The minimum absolute atomic E-state index is 0.0163. The highest BCUT2D eigenvalue weighted by Crippen LogP contribution is 2.44. The summed E-state index contributed by atoms with van der Waals surface area (Å²) in [5, 5.41) is 11.4. The van der Waals surface area contributed by atoms with E-state index in [9.17, 15) is 19.5 Å². The Kier molecular flexibility index (Phi) is 8.49. The summed E-state index contributed by atoms with van der Waals surface area (Å²) in [7, 11) is 0. The minimum atomic E-state index is -1.35. The number of rotatable bonds is 9. The smallest absolute Gasteiger partial charge is 0.350 e. The van der Waals surface area contributed by atoms with Crippen molar-refractivity contribution >= 4 is 39.9 Å². The monoisotopic (exact) mass is 598 g/mol. The summed E-state index contributed by atoms with van der Waals surface area (Å²) in [4.78, 5) is 44.9. The number of carbonyl (C=O) groups is 3. The number of hydrogen-bond donors (Lipinski definition) is 1. The van der Waals surface area contributed by atoms with Crippen LogP contribution in [0.25, 0.3) is 5.76 Å². The van der Waals surface area contributed by atoms with Gasteiger partial charge >= 0.3 is 11.9 Å². The Morgan fingerprint density at radius 3 is 2.47 bits per heavy atom. The molecule has 10 heteroatoms. The van der Waals surface area contributed by atoms with E-state index in [4.69, 9.17) is 9.47 Å². The molecule has 1 aliphatic heterocycles. The minimum Gasteiger partial charge on any atom is -0.507 e. The molecule has 0 radical (unpaired) electrons. The maximum Gasteiger partial charge on any atom is 0.350 e. The van der Waals surface area contributed by atoms with E-state index in [0.29, 0.717) is 12.4 Å². The van der Waals surface area contributed by atoms with E-state index in [1.807, 2.05) is 31.2 Å². The van der Waals surface area contributed by atoms with Crippen LogP contribution in [0.2, 0.25) is 0 Å². The van der Waals surface area contributed by atoms with Crippen LogP contribution < -0.4 is 9.64 Å². The molecule has 43 heavy (non-hydrogen) atoms. The molecule has 1 aliphatic rings. The van der Waals surface area contributed by atoms with Crippen LogP contribution in [0.5, 0.6) is 5.75 Å². The van der Waals surface area contributed by atoms with Gasteiger partial charge in [-0.1, -0.05) is 66.5 Å². The van der Waals surface area contributed by atoms with Crippen LogP contribution in [0.15, 0.2) is 91.0 Å². The van der Waals surface area contributed by atoms with Crippen LogP contribution >= 0.6 is 11.3 Å². The highest BCUT2D eigenvalue weighted by Gasteiger charge is 2.49. The number of Topliss-reactive ketones (excluding diaryl/α,β-unsaturated/α-hetero) is 1. The lowest BCUT2D eigenvalue weighted by Gasteiger charge is -2.23. The number of amides is 1. The molecule has 5 rings (SSSR count). The van der Waals surface area contributed by atoms with Crippen molar-refractivity contribution in [3.63, 3.8) is 0 Å². The third kappa shape index (κ3) is 5.82. The standard InChI is InChI=1S/C33H27FN2O6S/c1-4-17-41-32(40)30-20(3)35-33(43-30)36-27(24-11-7-8-12-25(24)34)26(29(38)31(36)39)28(37)21-13-15-23(16-14-21)42-18-22-10-6-5-9-19(22)2/h4-16,27,37H,1,17-18H2,2-3H3/b28-26+. The number of anilines is 1. The molecule has 1 saturated heterocycles. The lowest BCUT2D eigenvalue weighted by atomic mass is 9.95. The number of ether oxygens (including phenoxy) is 2. The zero-order chi connectivity index (χ0) is 30.7. The van der Waals surface area contributed by atoms with Gasteiger partial charge in [0.15, 0.2) is 5.13 Å². The van der Waals surface area contributed by atoms with Crippen LogP contribution in [0, 0.1) is 19.7 Å². The second-order valence-corrected chi connectivity index (χ2v) is 10.7. The number of aliphatic hydroxyl groups excluding tert-OH is 1. The fraction of sp³-hybridized carbons (Fsp3) is 0.152. The maximum absolute atomic E-state index is 15.2. The van der Waals surface area contributed by atoms with Crippen LogP contribution in [0.4, 0.5) is 9.52 Å². The maximum atomic E-state index is 15.2. The van der Waals surface area contributed by atoms with Gasteiger partial charge in [0.05, 0.1) is 11.3 Å². The first-order valence-electron chi connectivity index (χ1n) is 13.3. The Labute approximate surface area is 251 Å². The topological polar surface area (TPSA) is 106 Å². The molecule has 0 saturated carbocycles. The van der Waals surface area contributed by atoms with Gasteiger partial charge in [-0.05, 0) is 55.3 Å². The number of aromatic nitrogens is 1. The Morgan fingerprint density at radius 2 is 1.77 bits per heavy atom. The number of hydrogen-bond acceptors (Lipinski definition) is 8. The van der Waals surface area contributed by atoms with E-state index < -0.39 is 35.3 Å². The van der Waals surface area contributed by atoms with E-state index in [1.54, 1.807) is 37.3 Å². The molecular weight excluding hydrogens is 571 g/mol. The van der Waals surface area contributed by atoms with Crippen LogP contribution in [-0.2, 0) is 20.9 Å². The van der Waals surface area contributed by atoms with E-state index in [1.165, 1.54) is 24.3 Å². The summed E-state index contributed by atoms with van der Waals surface area (Å²) in [6.45, 7) is 7.38. The average molecular weight is 599 g/mol. The van der Waals surface area contributed by atoms with Gasteiger partial charge in [-0.15, -0.1) is 0 Å². The van der Waals surface area contributed by atoms with Crippen molar-refractivity contribution in [2.75, 3.05) is 11.5 Å². The number of aryl methyl sites for hydroxylation is 2. The number of benzene rings is 3. The summed E-state index contributed by atoms with van der Waals surface area (Å²) < 4.78 is 26.2. The third-order valence-electron chi connectivity index (χ3n) is 6.94. The van der Waals surface area contributed by atoms with Crippen molar-refractivity contribution in [2.24, 2.45) is 0 Å². The molecule has 1 atom stereocenters. The molecule has 218 valence electrons. The summed E-state index contributed by atoms with van der Waals surface area (Å²) in [6, 6.07) is 18.5. The number of aliphatic hydroxyl groups is 1. The van der Waals surface area contributed by atoms with Gasteiger partial charge in [0.25, 0.3) is 5.78 Å². The SMILES string of the molecule is C=CCOC(=O)c1sc(N2C(=O)C(=O)/C(=C(/O)c3ccc(OCc4ccccc4C)cc3)C2c2ccccc2F)nc1C. The quantitative estimate of drug-likeness (QED) is 0.0776. The van der Waals surface area contributed by atoms with Crippen LogP contribution in [0.1, 0.15) is 43.7 Å². The van der Waals surface area contributed by atoms with E-state index in [2.05, 4.69) is 11.6 Å². The van der Waals surface area contributed by atoms with Gasteiger partial charge in [-0.25, -0.2) is 14.2 Å².